The van der Waals surface area contributed by atoms with E-state index in [1.54, 1.807) is 25.4 Å². The minimum Gasteiger partial charge on any atom is -0.270 e. The first-order chi connectivity index (χ1) is 10.8. The summed E-state index contributed by atoms with van der Waals surface area (Å²) in [7, 11) is -1.89. The van der Waals surface area contributed by atoms with E-state index in [4.69, 9.17) is 0 Å². The monoisotopic (exact) mass is 335 g/mol. The maximum Gasteiger partial charge on any atom is 0.243 e. The van der Waals surface area contributed by atoms with Crippen molar-refractivity contribution in [3.63, 3.8) is 0 Å². The van der Waals surface area contributed by atoms with Crippen molar-refractivity contribution >= 4 is 10.0 Å². The molecule has 0 radical (unpaired) electrons. The maximum atomic E-state index is 12.7. The van der Waals surface area contributed by atoms with Crippen LogP contribution in [-0.4, -0.2) is 29.6 Å². The van der Waals surface area contributed by atoms with Crippen molar-refractivity contribution in [3.8, 4) is 0 Å². The third-order valence-electron chi connectivity index (χ3n) is 4.15. The normalized spacial score (nSPS) is 12.3. The molecule has 5 nitrogen and oxygen atoms in total. The molecule has 0 N–H and O–H groups in total. The first-order valence-corrected chi connectivity index (χ1v) is 9.29. The van der Waals surface area contributed by atoms with Crippen LogP contribution >= 0.6 is 0 Å². The van der Waals surface area contributed by atoms with Crippen molar-refractivity contribution in [2.75, 3.05) is 7.05 Å². The van der Waals surface area contributed by atoms with Gasteiger partial charge in [0.1, 0.15) is 0 Å². The lowest BCUT2D eigenvalue weighted by atomic mass is 10.0. The van der Waals surface area contributed by atoms with Crippen LogP contribution in [0.4, 0.5) is 0 Å². The summed E-state index contributed by atoms with van der Waals surface area (Å²) in [6, 6.07) is 7.13. The van der Waals surface area contributed by atoms with Crippen molar-refractivity contribution in [2.45, 2.75) is 51.6 Å². The van der Waals surface area contributed by atoms with E-state index in [0.29, 0.717) is 17.4 Å². The zero-order valence-corrected chi connectivity index (χ0v) is 15.3. The minimum absolute atomic E-state index is 0.320. The van der Waals surface area contributed by atoms with Crippen LogP contribution in [0.2, 0.25) is 0 Å². The molecule has 126 valence electrons. The molecule has 0 aliphatic carbocycles. The number of benzene rings is 1. The smallest absolute Gasteiger partial charge is 0.243 e. The van der Waals surface area contributed by atoms with Crippen LogP contribution < -0.4 is 0 Å². The zero-order chi connectivity index (χ0) is 17.2. The lowest BCUT2D eigenvalue weighted by Crippen LogP contribution is -2.26. The Balaban J connectivity index is 2.22. The number of sulfonamides is 1. The maximum absolute atomic E-state index is 12.7. The van der Waals surface area contributed by atoms with E-state index in [0.717, 1.165) is 23.4 Å². The van der Waals surface area contributed by atoms with E-state index in [-0.39, 0.29) is 0 Å². The van der Waals surface area contributed by atoms with Crippen LogP contribution in [0.1, 0.15) is 43.5 Å². The predicted octanol–water partition coefficient (Wildman–Crippen LogP) is 3.16. The third kappa shape index (κ3) is 3.64. The van der Waals surface area contributed by atoms with E-state index in [1.807, 2.05) is 30.7 Å². The molecule has 0 atom stereocenters. The van der Waals surface area contributed by atoms with Crippen LogP contribution in [0.5, 0.6) is 0 Å². The van der Waals surface area contributed by atoms with Gasteiger partial charge in [-0.1, -0.05) is 26.0 Å². The molecule has 0 bridgehead atoms. The molecule has 0 saturated heterocycles. The topological polar surface area (TPSA) is 55.2 Å². The van der Waals surface area contributed by atoms with Crippen molar-refractivity contribution in [3.05, 3.63) is 47.3 Å². The molecule has 2 aromatic rings. The Morgan fingerprint density at radius 1 is 1.22 bits per heavy atom. The lowest BCUT2D eigenvalue weighted by molar-refractivity contribution is 0.465. The van der Waals surface area contributed by atoms with Gasteiger partial charge in [-0.25, -0.2) is 8.42 Å². The average Bonchev–Trinajstić information content (AvgIpc) is 2.87. The number of aryl methyl sites for hydroxylation is 1. The first kappa shape index (κ1) is 17.7. The van der Waals surface area contributed by atoms with E-state index in [2.05, 4.69) is 18.9 Å². The summed E-state index contributed by atoms with van der Waals surface area (Å²) < 4.78 is 28.7. The second-order valence-corrected chi connectivity index (χ2v) is 8.10. The highest BCUT2D eigenvalue weighted by Gasteiger charge is 2.22. The van der Waals surface area contributed by atoms with Gasteiger partial charge in [-0.2, -0.15) is 9.40 Å². The zero-order valence-electron chi connectivity index (χ0n) is 14.4. The van der Waals surface area contributed by atoms with Crippen LogP contribution in [0.15, 0.2) is 35.4 Å². The molecule has 2 rings (SSSR count). The number of aromatic nitrogens is 2. The van der Waals surface area contributed by atoms with Crippen LogP contribution in [-0.2, 0) is 23.1 Å². The number of hydrogen-bond donors (Lipinski definition) is 0. The summed E-state index contributed by atoms with van der Waals surface area (Å²) in [5, 5.41) is 4.27. The molecule has 0 spiro atoms. The summed E-state index contributed by atoms with van der Waals surface area (Å²) in [6.45, 7) is 9.25. The Labute approximate surface area is 139 Å². The molecule has 0 unspecified atom stereocenters. The summed E-state index contributed by atoms with van der Waals surface area (Å²) >= 11 is 0. The molecule has 0 aliphatic heterocycles. The van der Waals surface area contributed by atoms with E-state index >= 15 is 0 Å². The van der Waals surface area contributed by atoms with Gasteiger partial charge in [0.15, 0.2) is 0 Å². The second-order valence-electron chi connectivity index (χ2n) is 6.06. The average molecular weight is 335 g/mol. The summed E-state index contributed by atoms with van der Waals surface area (Å²) in [4.78, 5) is 0.324. The quantitative estimate of drug-likeness (QED) is 0.815. The van der Waals surface area contributed by atoms with Gasteiger partial charge in [-0.05, 0) is 37.5 Å². The van der Waals surface area contributed by atoms with Crippen molar-refractivity contribution in [1.29, 1.82) is 0 Å². The summed E-state index contributed by atoms with van der Waals surface area (Å²) in [5.74, 6) is 0.381. The number of hydrogen-bond acceptors (Lipinski definition) is 3. The van der Waals surface area contributed by atoms with Gasteiger partial charge in [0.25, 0.3) is 0 Å². The minimum atomic E-state index is -3.50. The Bertz CT molecular complexity index is 762. The lowest BCUT2D eigenvalue weighted by Gasteiger charge is -2.17. The van der Waals surface area contributed by atoms with Gasteiger partial charge in [-0.3, -0.25) is 4.68 Å². The summed E-state index contributed by atoms with van der Waals surface area (Å²) in [6.07, 6.45) is 1.74. The van der Waals surface area contributed by atoms with Crippen molar-refractivity contribution in [1.82, 2.24) is 14.1 Å². The highest BCUT2D eigenvalue weighted by atomic mass is 32.2. The van der Waals surface area contributed by atoms with E-state index in [9.17, 15) is 8.42 Å². The highest BCUT2D eigenvalue weighted by molar-refractivity contribution is 7.89. The number of rotatable bonds is 6. The molecule has 6 heteroatoms. The fourth-order valence-corrected chi connectivity index (χ4v) is 3.64. The van der Waals surface area contributed by atoms with Gasteiger partial charge in [0.2, 0.25) is 10.0 Å². The number of nitrogens with zero attached hydrogens (tertiary/aromatic N) is 3. The van der Waals surface area contributed by atoms with Gasteiger partial charge in [-0.15, -0.1) is 0 Å². The van der Waals surface area contributed by atoms with Crippen LogP contribution in [0.3, 0.4) is 0 Å². The fraction of sp³-hybridized carbons (Fsp3) is 0.471. The molecule has 0 aliphatic rings. The van der Waals surface area contributed by atoms with Gasteiger partial charge in [0.05, 0.1) is 11.1 Å². The first-order valence-electron chi connectivity index (χ1n) is 7.85. The second kappa shape index (κ2) is 6.84. The molecule has 0 saturated carbocycles. The molecule has 1 aromatic carbocycles. The molecule has 0 fully saturated rings. The fourth-order valence-electron chi connectivity index (χ4n) is 2.49. The van der Waals surface area contributed by atoms with E-state index in [1.165, 1.54) is 4.31 Å². The Morgan fingerprint density at radius 2 is 1.83 bits per heavy atom. The largest absolute Gasteiger partial charge is 0.270 e. The molecule has 1 heterocycles. The summed E-state index contributed by atoms with van der Waals surface area (Å²) in [5.41, 5.74) is 3.06. The Morgan fingerprint density at radius 3 is 2.30 bits per heavy atom. The third-order valence-corrected chi connectivity index (χ3v) is 5.97. The van der Waals surface area contributed by atoms with Gasteiger partial charge < -0.3 is 0 Å². The molecule has 0 amide bonds. The van der Waals surface area contributed by atoms with Gasteiger partial charge >= 0.3 is 0 Å². The van der Waals surface area contributed by atoms with Crippen LogP contribution in [0.25, 0.3) is 0 Å². The van der Waals surface area contributed by atoms with Crippen molar-refractivity contribution < 1.29 is 8.42 Å². The highest BCUT2D eigenvalue weighted by Crippen LogP contribution is 2.21. The van der Waals surface area contributed by atoms with Gasteiger partial charge in [0, 0.05) is 31.4 Å². The Hall–Kier alpha value is -1.66. The molecule has 23 heavy (non-hydrogen) atoms. The SMILES string of the molecule is CCn1ncc(CN(C)S(=O)(=O)c2ccc(C(C)C)cc2)c1C. The molecule has 1 aromatic heterocycles. The molecular formula is C17H25N3O2S. The van der Waals surface area contributed by atoms with Crippen molar-refractivity contribution in [2.24, 2.45) is 0 Å². The van der Waals surface area contributed by atoms with Crippen LogP contribution in [0, 0.1) is 6.92 Å². The standard InChI is InChI=1S/C17H25N3O2S/c1-6-20-14(4)16(11-18-20)12-19(5)23(21,22)17-9-7-15(8-10-17)13(2)3/h7-11,13H,6,12H2,1-5H3. The Kier molecular flexibility index (Phi) is 5.26. The predicted molar refractivity (Wildman–Crippen MR) is 91.8 cm³/mol. The molecular weight excluding hydrogens is 310 g/mol. The van der Waals surface area contributed by atoms with E-state index < -0.39 is 10.0 Å².